The van der Waals surface area contributed by atoms with Crippen molar-refractivity contribution in [2.45, 2.75) is 38.8 Å². The largest absolute Gasteiger partial charge is 0.339 e. The van der Waals surface area contributed by atoms with Gasteiger partial charge in [0, 0.05) is 25.0 Å². The fraction of sp³-hybridized carbons (Fsp3) is 0.800. The first kappa shape index (κ1) is 13.4. The number of nitrogens with zero attached hydrogens (tertiary/aromatic N) is 3. The molecular weight excluding hydrogens is 228 g/mol. The topological polar surface area (TPSA) is 68.2 Å². The first-order chi connectivity index (χ1) is 7.15. The minimum absolute atomic E-state index is 0. The van der Waals surface area contributed by atoms with Gasteiger partial charge in [-0.25, -0.2) is 0 Å². The van der Waals surface area contributed by atoms with Crippen LogP contribution in [0.2, 0.25) is 0 Å². The number of nitrogens with two attached hydrogens (primary N) is 1. The average molecular weight is 247 g/mol. The van der Waals surface area contributed by atoms with Gasteiger partial charge in [0.15, 0.2) is 5.82 Å². The molecule has 6 heteroatoms. The molecule has 1 aromatic heterocycles. The van der Waals surface area contributed by atoms with Crippen molar-refractivity contribution in [2.24, 2.45) is 5.73 Å². The maximum atomic E-state index is 5.83. The summed E-state index contributed by atoms with van der Waals surface area (Å²) in [6.45, 7) is 6.81. The second-order valence-corrected chi connectivity index (χ2v) is 4.49. The molecule has 1 aliphatic rings. The van der Waals surface area contributed by atoms with Gasteiger partial charge in [0.25, 0.3) is 0 Å². The molecule has 2 rings (SSSR count). The standard InChI is InChI=1S/C10H18N4O.ClH/c1-7(2)10-12-9(13-15-10)6-14-4-3-8(11)5-14;/h7-8H,3-6,11H2,1-2H3;1H/t8-;/m0./s1. The van der Waals surface area contributed by atoms with E-state index in [-0.39, 0.29) is 12.4 Å². The van der Waals surface area contributed by atoms with Crippen LogP contribution >= 0.6 is 12.4 Å². The first-order valence-corrected chi connectivity index (χ1v) is 5.45. The molecule has 2 heterocycles. The van der Waals surface area contributed by atoms with Gasteiger partial charge in [-0.2, -0.15) is 4.98 Å². The summed E-state index contributed by atoms with van der Waals surface area (Å²) >= 11 is 0. The van der Waals surface area contributed by atoms with Crippen molar-refractivity contribution in [3.8, 4) is 0 Å². The Balaban J connectivity index is 0.00000128. The van der Waals surface area contributed by atoms with E-state index in [4.69, 9.17) is 10.3 Å². The second-order valence-electron chi connectivity index (χ2n) is 4.49. The summed E-state index contributed by atoms with van der Waals surface area (Å²) in [6, 6.07) is 0.307. The zero-order chi connectivity index (χ0) is 10.8. The van der Waals surface area contributed by atoms with Crippen LogP contribution in [0.1, 0.15) is 37.9 Å². The highest BCUT2D eigenvalue weighted by Crippen LogP contribution is 2.14. The van der Waals surface area contributed by atoms with E-state index < -0.39 is 0 Å². The summed E-state index contributed by atoms with van der Waals surface area (Å²) in [5.41, 5.74) is 5.83. The van der Waals surface area contributed by atoms with Gasteiger partial charge in [-0.05, 0) is 6.42 Å². The van der Waals surface area contributed by atoms with E-state index in [0.717, 1.165) is 31.9 Å². The molecule has 0 aliphatic carbocycles. The highest BCUT2D eigenvalue weighted by Gasteiger charge is 2.21. The van der Waals surface area contributed by atoms with E-state index in [1.165, 1.54) is 0 Å². The van der Waals surface area contributed by atoms with Gasteiger partial charge in [0.1, 0.15) is 0 Å². The lowest BCUT2D eigenvalue weighted by Gasteiger charge is -2.11. The molecular formula is C10H19ClN4O. The Hall–Kier alpha value is -0.650. The fourth-order valence-electron chi connectivity index (χ4n) is 1.77. The highest BCUT2D eigenvalue weighted by atomic mass is 35.5. The summed E-state index contributed by atoms with van der Waals surface area (Å²) in [7, 11) is 0. The van der Waals surface area contributed by atoms with Crippen LogP contribution in [0.5, 0.6) is 0 Å². The number of rotatable bonds is 3. The van der Waals surface area contributed by atoms with Crippen LogP contribution < -0.4 is 5.73 Å². The normalized spacial score (nSPS) is 21.4. The van der Waals surface area contributed by atoms with Crippen LogP contribution in [0, 0.1) is 0 Å². The summed E-state index contributed by atoms with van der Waals surface area (Å²) in [6.07, 6.45) is 1.06. The van der Waals surface area contributed by atoms with Crippen molar-refractivity contribution in [2.75, 3.05) is 13.1 Å². The summed E-state index contributed by atoms with van der Waals surface area (Å²) in [5.74, 6) is 1.79. The van der Waals surface area contributed by atoms with E-state index in [0.29, 0.717) is 17.9 Å². The van der Waals surface area contributed by atoms with Crippen LogP contribution in [0.3, 0.4) is 0 Å². The highest BCUT2D eigenvalue weighted by molar-refractivity contribution is 5.85. The van der Waals surface area contributed by atoms with Crippen molar-refractivity contribution >= 4 is 12.4 Å². The Bertz CT molecular complexity index is 328. The summed E-state index contributed by atoms with van der Waals surface area (Å²) in [5, 5.41) is 3.96. The van der Waals surface area contributed by atoms with Gasteiger partial charge < -0.3 is 10.3 Å². The van der Waals surface area contributed by atoms with Crippen LogP contribution in [0.15, 0.2) is 4.52 Å². The van der Waals surface area contributed by atoms with E-state index >= 15 is 0 Å². The molecule has 5 nitrogen and oxygen atoms in total. The molecule has 1 fully saturated rings. The average Bonchev–Trinajstić information content (AvgIpc) is 2.76. The number of hydrogen-bond donors (Lipinski definition) is 1. The van der Waals surface area contributed by atoms with Gasteiger partial charge in [-0.1, -0.05) is 19.0 Å². The van der Waals surface area contributed by atoms with Crippen molar-refractivity contribution in [3.63, 3.8) is 0 Å². The number of aromatic nitrogens is 2. The molecule has 1 aromatic rings. The Morgan fingerprint density at radius 2 is 2.31 bits per heavy atom. The molecule has 0 radical (unpaired) electrons. The predicted octanol–water partition coefficient (Wildman–Crippen LogP) is 1.15. The third-order valence-electron chi connectivity index (χ3n) is 2.65. The minimum atomic E-state index is 0. The van der Waals surface area contributed by atoms with E-state index in [2.05, 4.69) is 15.0 Å². The molecule has 0 saturated carbocycles. The quantitative estimate of drug-likeness (QED) is 0.867. The molecule has 0 spiro atoms. The molecule has 0 amide bonds. The molecule has 16 heavy (non-hydrogen) atoms. The van der Waals surface area contributed by atoms with Crippen molar-refractivity contribution in [1.82, 2.24) is 15.0 Å². The predicted molar refractivity (Wildman–Crippen MR) is 63.5 cm³/mol. The minimum Gasteiger partial charge on any atom is -0.339 e. The summed E-state index contributed by atoms with van der Waals surface area (Å²) in [4.78, 5) is 6.60. The van der Waals surface area contributed by atoms with Gasteiger partial charge in [-0.3, -0.25) is 4.90 Å². The maximum absolute atomic E-state index is 5.83. The fourth-order valence-corrected chi connectivity index (χ4v) is 1.77. The van der Waals surface area contributed by atoms with Gasteiger partial charge in [0.2, 0.25) is 5.89 Å². The number of hydrogen-bond acceptors (Lipinski definition) is 5. The van der Waals surface area contributed by atoms with E-state index in [1.807, 2.05) is 13.8 Å². The zero-order valence-corrected chi connectivity index (χ0v) is 10.5. The second kappa shape index (κ2) is 5.61. The Morgan fingerprint density at radius 3 is 2.81 bits per heavy atom. The van der Waals surface area contributed by atoms with Crippen LogP contribution in [-0.2, 0) is 6.54 Å². The van der Waals surface area contributed by atoms with E-state index in [9.17, 15) is 0 Å². The Labute approximate surface area is 102 Å². The third-order valence-corrected chi connectivity index (χ3v) is 2.65. The van der Waals surface area contributed by atoms with Crippen LogP contribution in [0.25, 0.3) is 0 Å². The molecule has 0 unspecified atom stereocenters. The molecule has 1 aliphatic heterocycles. The van der Waals surface area contributed by atoms with Gasteiger partial charge in [0.05, 0.1) is 6.54 Å². The SMILES string of the molecule is CC(C)c1nc(CN2CC[C@H](N)C2)no1.Cl. The van der Waals surface area contributed by atoms with Gasteiger partial charge in [-0.15, -0.1) is 12.4 Å². The molecule has 2 N–H and O–H groups in total. The molecule has 1 atom stereocenters. The zero-order valence-electron chi connectivity index (χ0n) is 9.72. The maximum Gasteiger partial charge on any atom is 0.229 e. The van der Waals surface area contributed by atoms with Crippen molar-refractivity contribution in [1.29, 1.82) is 0 Å². The number of halogens is 1. The lowest BCUT2D eigenvalue weighted by molar-refractivity contribution is 0.305. The van der Waals surface area contributed by atoms with Crippen LogP contribution in [-0.4, -0.2) is 34.2 Å². The van der Waals surface area contributed by atoms with Crippen LogP contribution in [0.4, 0.5) is 0 Å². The molecule has 92 valence electrons. The molecule has 0 aromatic carbocycles. The number of likely N-dealkylation sites (tertiary alicyclic amines) is 1. The smallest absolute Gasteiger partial charge is 0.229 e. The summed E-state index contributed by atoms with van der Waals surface area (Å²) < 4.78 is 5.14. The van der Waals surface area contributed by atoms with Crippen molar-refractivity contribution < 1.29 is 4.52 Å². The van der Waals surface area contributed by atoms with E-state index in [1.54, 1.807) is 0 Å². The van der Waals surface area contributed by atoms with Gasteiger partial charge >= 0.3 is 0 Å². The Morgan fingerprint density at radius 1 is 1.56 bits per heavy atom. The lowest BCUT2D eigenvalue weighted by atomic mass is 10.2. The molecule has 0 bridgehead atoms. The first-order valence-electron chi connectivity index (χ1n) is 5.45. The third kappa shape index (κ3) is 3.17. The lowest BCUT2D eigenvalue weighted by Crippen LogP contribution is -2.26. The monoisotopic (exact) mass is 246 g/mol. The Kier molecular flexibility index (Phi) is 4.70. The van der Waals surface area contributed by atoms with Crippen molar-refractivity contribution in [3.05, 3.63) is 11.7 Å². The molecule has 1 saturated heterocycles.